The predicted octanol–water partition coefficient (Wildman–Crippen LogP) is 2.37. The molecule has 2 aromatic rings. The topological polar surface area (TPSA) is 73.9 Å². The maximum Gasteiger partial charge on any atom is 0.264 e. The van der Waals surface area contributed by atoms with Gasteiger partial charge in [0.15, 0.2) is 5.75 Å². The van der Waals surface area contributed by atoms with Crippen LogP contribution in [0.4, 0.5) is 17.1 Å². The molecule has 0 atom stereocenters. The van der Waals surface area contributed by atoms with Crippen molar-refractivity contribution in [1.82, 2.24) is 5.32 Å². The number of rotatable bonds is 5. The molecule has 0 bridgehead atoms. The van der Waals surface area contributed by atoms with Crippen molar-refractivity contribution in [2.24, 2.45) is 0 Å². The third kappa shape index (κ3) is 3.61. The standard InChI is InChI=1S/C19H24N4O3S2/c1-27-21-15-4-2-5-16(14-15)28(24,25)23-12-13-26-19-17(6-3-7-18(19)23)22-10-8-20-9-11-22/h2-7,14,20-21H,8-13H2,1H3. The number of para-hydroxylation sites is 1. The third-order valence-electron chi connectivity index (χ3n) is 4.88. The monoisotopic (exact) mass is 420 g/mol. The van der Waals surface area contributed by atoms with Crippen molar-refractivity contribution in [1.29, 1.82) is 0 Å². The van der Waals surface area contributed by atoms with Crippen molar-refractivity contribution in [3.63, 3.8) is 0 Å². The van der Waals surface area contributed by atoms with E-state index in [-0.39, 0.29) is 4.90 Å². The molecule has 2 aliphatic heterocycles. The first-order valence-electron chi connectivity index (χ1n) is 9.24. The van der Waals surface area contributed by atoms with E-state index in [0.717, 1.165) is 37.6 Å². The molecule has 1 saturated heterocycles. The van der Waals surface area contributed by atoms with Gasteiger partial charge in [-0.05, 0) is 30.3 Å². The molecular weight excluding hydrogens is 396 g/mol. The van der Waals surface area contributed by atoms with E-state index >= 15 is 0 Å². The second-order valence-electron chi connectivity index (χ2n) is 6.62. The molecule has 0 aromatic heterocycles. The Labute approximate surface area is 170 Å². The van der Waals surface area contributed by atoms with Crippen LogP contribution in [-0.4, -0.2) is 54.0 Å². The van der Waals surface area contributed by atoms with Crippen molar-refractivity contribution in [3.8, 4) is 5.75 Å². The summed E-state index contributed by atoms with van der Waals surface area (Å²) in [6.07, 6.45) is 1.90. The molecule has 0 amide bonds. The molecule has 0 saturated carbocycles. The molecule has 7 nitrogen and oxygen atoms in total. The van der Waals surface area contributed by atoms with Crippen LogP contribution < -0.4 is 24.0 Å². The van der Waals surface area contributed by atoms with Gasteiger partial charge in [0.2, 0.25) is 0 Å². The van der Waals surface area contributed by atoms with E-state index in [2.05, 4.69) is 14.9 Å². The van der Waals surface area contributed by atoms with Gasteiger partial charge < -0.3 is 19.7 Å². The molecule has 2 aliphatic rings. The summed E-state index contributed by atoms with van der Waals surface area (Å²) in [5.74, 6) is 0.651. The SMILES string of the molecule is CSNc1cccc(S(=O)(=O)N2CCOc3c(N4CCNCC4)cccc32)c1. The van der Waals surface area contributed by atoms with Gasteiger partial charge in [0.05, 0.1) is 22.8 Å². The zero-order valence-electron chi connectivity index (χ0n) is 15.7. The molecule has 0 unspecified atom stereocenters. The van der Waals surface area contributed by atoms with Gasteiger partial charge in [-0.3, -0.25) is 4.31 Å². The van der Waals surface area contributed by atoms with Gasteiger partial charge in [0, 0.05) is 38.1 Å². The number of hydrogen-bond acceptors (Lipinski definition) is 7. The molecule has 28 heavy (non-hydrogen) atoms. The smallest absolute Gasteiger partial charge is 0.264 e. The first-order valence-corrected chi connectivity index (χ1v) is 11.9. The van der Waals surface area contributed by atoms with Crippen LogP contribution in [0.5, 0.6) is 5.75 Å². The van der Waals surface area contributed by atoms with Gasteiger partial charge in [0.1, 0.15) is 6.61 Å². The van der Waals surface area contributed by atoms with E-state index in [9.17, 15) is 8.42 Å². The van der Waals surface area contributed by atoms with E-state index in [1.165, 1.54) is 16.3 Å². The minimum Gasteiger partial charge on any atom is -0.487 e. The maximum atomic E-state index is 13.4. The summed E-state index contributed by atoms with van der Waals surface area (Å²) < 4.78 is 37.3. The molecule has 0 radical (unpaired) electrons. The van der Waals surface area contributed by atoms with Gasteiger partial charge in [-0.25, -0.2) is 8.42 Å². The van der Waals surface area contributed by atoms with Crippen molar-refractivity contribution in [3.05, 3.63) is 42.5 Å². The summed E-state index contributed by atoms with van der Waals surface area (Å²) in [7, 11) is -3.69. The Morgan fingerprint density at radius 1 is 1.07 bits per heavy atom. The summed E-state index contributed by atoms with van der Waals surface area (Å²) in [5.41, 5.74) is 2.32. The zero-order valence-corrected chi connectivity index (χ0v) is 17.4. The largest absolute Gasteiger partial charge is 0.487 e. The van der Waals surface area contributed by atoms with Gasteiger partial charge in [-0.2, -0.15) is 0 Å². The van der Waals surface area contributed by atoms with Crippen LogP contribution in [0, 0.1) is 0 Å². The number of piperazine rings is 1. The number of nitrogens with zero attached hydrogens (tertiary/aromatic N) is 2. The Kier molecular flexibility index (Phi) is 5.56. The van der Waals surface area contributed by atoms with Crippen LogP contribution in [0.25, 0.3) is 0 Å². The minimum absolute atomic E-state index is 0.270. The molecule has 4 rings (SSSR count). The van der Waals surface area contributed by atoms with Gasteiger partial charge >= 0.3 is 0 Å². The van der Waals surface area contributed by atoms with Gasteiger partial charge in [0.25, 0.3) is 10.0 Å². The lowest BCUT2D eigenvalue weighted by atomic mass is 10.2. The number of nitrogens with one attached hydrogen (secondary N) is 2. The Hall–Kier alpha value is -2.10. The molecule has 150 valence electrons. The Bertz CT molecular complexity index is 946. The molecule has 2 N–H and O–H groups in total. The fourth-order valence-corrected chi connectivity index (χ4v) is 5.44. The van der Waals surface area contributed by atoms with E-state index in [1.54, 1.807) is 18.2 Å². The van der Waals surface area contributed by atoms with Crippen LogP contribution in [-0.2, 0) is 10.0 Å². The summed E-state index contributed by atoms with van der Waals surface area (Å²) in [4.78, 5) is 2.51. The zero-order chi connectivity index (χ0) is 19.6. The molecule has 0 spiro atoms. The number of fused-ring (bicyclic) bond motifs is 1. The molecule has 1 fully saturated rings. The highest BCUT2D eigenvalue weighted by Crippen LogP contribution is 2.42. The molecule has 2 aromatic carbocycles. The minimum atomic E-state index is -3.69. The first kappa shape index (κ1) is 19.2. The van der Waals surface area contributed by atoms with E-state index in [1.807, 2.05) is 30.5 Å². The Morgan fingerprint density at radius 2 is 1.82 bits per heavy atom. The summed E-state index contributed by atoms with van der Waals surface area (Å²) >= 11 is 1.43. The van der Waals surface area contributed by atoms with Crippen LogP contribution in [0.3, 0.4) is 0 Å². The van der Waals surface area contributed by atoms with Crippen LogP contribution in [0.1, 0.15) is 0 Å². The lowest BCUT2D eigenvalue weighted by Crippen LogP contribution is -2.44. The lowest BCUT2D eigenvalue weighted by molar-refractivity contribution is 0.315. The quantitative estimate of drug-likeness (QED) is 0.720. The highest BCUT2D eigenvalue weighted by atomic mass is 32.2. The normalized spacial score (nSPS) is 17.0. The number of sulfonamides is 1. The Balaban J connectivity index is 1.72. The van der Waals surface area contributed by atoms with Gasteiger partial charge in [-0.15, -0.1) is 0 Å². The molecule has 2 heterocycles. The molecular formula is C19H24N4O3S2. The van der Waals surface area contributed by atoms with Gasteiger partial charge in [-0.1, -0.05) is 24.1 Å². The van der Waals surface area contributed by atoms with E-state index < -0.39 is 10.0 Å². The van der Waals surface area contributed by atoms with Crippen molar-refractivity contribution < 1.29 is 13.2 Å². The predicted molar refractivity (Wildman–Crippen MR) is 115 cm³/mol. The summed E-state index contributed by atoms with van der Waals surface area (Å²) in [6, 6.07) is 12.6. The maximum absolute atomic E-state index is 13.4. The number of hydrogen-bond donors (Lipinski definition) is 2. The van der Waals surface area contributed by atoms with Crippen LogP contribution >= 0.6 is 11.9 Å². The fourth-order valence-electron chi connectivity index (χ4n) is 3.58. The van der Waals surface area contributed by atoms with Crippen molar-refractivity contribution >= 4 is 39.0 Å². The lowest BCUT2D eigenvalue weighted by Gasteiger charge is -2.36. The summed E-state index contributed by atoms with van der Waals surface area (Å²) in [5, 5.41) is 3.34. The summed E-state index contributed by atoms with van der Waals surface area (Å²) in [6.45, 7) is 4.17. The number of ether oxygens (including phenoxy) is 1. The van der Waals surface area contributed by atoms with E-state index in [4.69, 9.17) is 4.74 Å². The molecule has 9 heteroatoms. The first-order chi connectivity index (χ1) is 13.6. The average Bonchev–Trinajstić information content (AvgIpc) is 2.74. The van der Waals surface area contributed by atoms with Crippen LogP contribution in [0.2, 0.25) is 0 Å². The number of anilines is 3. The van der Waals surface area contributed by atoms with Crippen molar-refractivity contribution in [2.45, 2.75) is 4.90 Å². The van der Waals surface area contributed by atoms with Crippen LogP contribution in [0.15, 0.2) is 47.4 Å². The van der Waals surface area contributed by atoms with Crippen molar-refractivity contribution in [2.75, 3.05) is 59.5 Å². The highest BCUT2D eigenvalue weighted by molar-refractivity contribution is 7.99. The third-order valence-corrected chi connectivity index (χ3v) is 7.13. The molecule has 0 aliphatic carbocycles. The second kappa shape index (κ2) is 8.10. The number of benzene rings is 2. The highest BCUT2D eigenvalue weighted by Gasteiger charge is 2.32. The fraction of sp³-hybridized carbons (Fsp3) is 0.368. The Morgan fingerprint density at radius 3 is 2.61 bits per heavy atom. The second-order valence-corrected chi connectivity index (χ2v) is 9.10. The van der Waals surface area contributed by atoms with E-state index in [0.29, 0.717) is 24.6 Å². The average molecular weight is 421 g/mol.